The van der Waals surface area contributed by atoms with Crippen molar-refractivity contribution in [3.05, 3.63) is 69.7 Å². The molecule has 0 aliphatic carbocycles. The third-order valence-electron chi connectivity index (χ3n) is 3.67. The van der Waals surface area contributed by atoms with E-state index in [2.05, 4.69) is 5.32 Å². The maximum atomic E-state index is 12.2. The fraction of sp³-hybridized carbons (Fsp3) is 0.167. The van der Waals surface area contributed by atoms with Crippen molar-refractivity contribution in [3.63, 3.8) is 0 Å². The molecule has 0 radical (unpaired) electrons. The summed E-state index contributed by atoms with van der Waals surface area (Å²) in [7, 11) is 0. The van der Waals surface area contributed by atoms with Gasteiger partial charge in [0.25, 0.3) is 0 Å². The summed E-state index contributed by atoms with van der Waals surface area (Å²) >= 11 is 12.1. The Morgan fingerprint density at radius 3 is 2.87 bits per heavy atom. The minimum atomic E-state index is -0.178. The molecule has 0 aromatic heterocycles. The standard InChI is InChI=1S/C18H15Cl2NO2/c19-14-6-3-4-12(18(14)20)8-9-17(22)21-15-10-11-23-16-7-2-1-5-13(15)16/h1-9,15H,10-11H2,(H,21,22)/b9-8+/t15-/m1/s1. The van der Waals surface area contributed by atoms with E-state index in [0.717, 1.165) is 17.7 Å². The van der Waals surface area contributed by atoms with E-state index >= 15 is 0 Å². The highest BCUT2D eigenvalue weighted by molar-refractivity contribution is 6.42. The van der Waals surface area contributed by atoms with Crippen molar-refractivity contribution in [1.82, 2.24) is 5.32 Å². The molecule has 0 fully saturated rings. The number of hydrogen-bond donors (Lipinski definition) is 1. The van der Waals surface area contributed by atoms with Crippen LogP contribution in [0.5, 0.6) is 5.75 Å². The van der Waals surface area contributed by atoms with Crippen LogP contribution in [0.1, 0.15) is 23.6 Å². The predicted octanol–water partition coefficient (Wildman–Crippen LogP) is 4.65. The quantitative estimate of drug-likeness (QED) is 0.821. The SMILES string of the molecule is O=C(/C=C/c1cccc(Cl)c1Cl)N[C@@H]1CCOc2ccccc21. The van der Waals surface area contributed by atoms with Crippen molar-refractivity contribution < 1.29 is 9.53 Å². The average Bonchev–Trinajstić information content (AvgIpc) is 2.56. The molecule has 1 heterocycles. The highest BCUT2D eigenvalue weighted by atomic mass is 35.5. The maximum absolute atomic E-state index is 12.2. The zero-order chi connectivity index (χ0) is 16.2. The van der Waals surface area contributed by atoms with Crippen LogP contribution < -0.4 is 10.1 Å². The smallest absolute Gasteiger partial charge is 0.244 e. The Kier molecular flexibility index (Phi) is 4.89. The molecule has 1 amide bonds. The summed E-state index contributed by atoms with van der Waals surface area (Å²) < 4.78 is 5.59. The van der Waals surface area contributed by atoms with E-state index in [1.54, 1.807) is 18.2 Å². The fourth-order valence-electron chi connectivity index (χ4n) is 2.53. The lowest BCUT2D eigenvalue weighted by molar-refractivity contribution is -0.117. The average molecular weight is 348 g/mol. The number of carbonyl (C=O) groups is 1. The van der Waals surface area contributed by atoms with Crippen LogP contribution in [0.2, 0.25) is 10.0 Å². The number of nitrogens with one attached hydrogen (secondary N) is 1. The van der Waals surface area contributed by atoms with Gasteiger partial charge in [-0.3, -0.25) is 4.79 Å². The van der Waals surface area contributed by atoms with Crippen LogP contribution in [-0.4, -0.2) is 12.5 Å². The van der Waals surface area contributed by atoms with E-state index < -0.39 is 0 Å². The molecule has 0 spiro atoms. The minimum Gasteiger partial charge on any atom is -0.493 e. The van der Waals surface area contributed by atoms with Gasteiger partial charge in [0.15, 0.2) is 0 Å². The largest absolute Gasteiger partial charge is 0.493 e. The molecule has 0 unspecified atom stereocenters. The number of ether oxygens (including phenoxy) is 1. The molecular formula is C18H15Cl2NO2. The Morgan fingerprint density at radius 2 is 2.00 bits per heavy atom. The summed E-state index contributed by atoms with van der Waals surface area (Å²) in [6.07, 6.45) is 3.87. The first-order valence-electron chi connectivity index (χ1n) is 7.29. The van der Waals surface area contributed by atoms with Crippen molar-refractivity contribution in [3.8, 4) is 5.75 Å². The van der Waals surface area contributed by atoms with Crippen molar-refractivity contribution in [2.45, 2.75) is 12.5 Å². The second-order valence-electron chi connectivity index (χ2n) is 5.21. The van der Waals surface area contributed by atoms with Gasteiger partial charge in [-0.2, -0.15) is 0 Å². The number of hydrogen-bond acceptors (Lipinski definition) is 2. The molecule has 1 N–H and O–H groups in total. The van der Waals surface area contributed by atoms with E-state index in [-0.39, 0.29) is 11.9 Å². The molecule has 1 aliphatic rings. The fourth-order valence-corrected chi connectivity index (χ4v) is 2.90. The van der Waals surface area contributed by atoms with E-state index in [0.29, 0.717) is 22.2 Å². The lowest BCUT2D eigenvalue weighted by atomic mass is 10.0. The zero-order valence-electron chi connectivity index (χ0n) is 12.3. The number of carbonyl (C=O) groups excluding carboxylic acids is 1. The van der Waals surface area contributed by atoms with Gasteiger partial charge in [-0.1, -0.05) is 53.5 Å². The Bertz CT molecular complexity index is 758. The van der Waals surface area contributed by atoms with Gasteiger partial charge in [-0.15, -0.1) is 0 Å². The van der Waals surface area contributed by atoms with Gasteiger partial charge in [0.1, 0.15) is 5.75 Å². The van der Waals surface area contributed by atoms with Crippen molar-refractivity contribution in [1.29, 1.82) is 0 Å². The third-order valence-corrected chi connectivity index (χ3v) is 4.50. The van der Waals surface area contributed by atoms with Gasteiger partial charge in [-0.25, -0.2) is 0 Å². The van der Waals surface area contributed by atoms with Crippen LogP contribution in [0.3, 0.4) is 0 Å². The van der Waals surface area contributed by atoms with Crippen LogP contribution in [0, 0.1) is 0 Å². The van der Waals surface area contributed by atoms with Gasteiger partial charge in [0.2, 0.25) is 5.91 Å². The molecule has 118 valence electrons. The van der Waals surface area contributed by atoms with E-state index in [9.17, 15) is 4.79 Å². The molecule has 5 heteroatoms. The summed E-state index contributed by atoms with van der Waals surface area (Å²) in [5, 5.41) is 3.90. The van der Waals surface area contributed by atoms with Crippen LogP contribution in [0.25, 0.3) is 6.08 Å². The zero-order valence-corrected chi connectivity index (χ0v) is 13.8. The summed E-state index contributed by atoms with van der Waals surface area (Å²) in [6.45, 7) is 0.589. The molecule has 3 rings (SSSR count). The normalized spacial score (nSPS) is 16.7. The highest BCUT2D eigenvalue weighted by Crippen LogP contribution is 2.31. The first kappa shape index (κ1) is 15.9. The summed E-state index contributed by atoms with van der Waals surface area (Å²) in [6, 6.07) is 13.0. The van der Waals surface area contributed by atoms with Crippen LogP contribution in [0.15, 0.2) is 48.5 Å². The molecule has 1 atom stereocenters. The molecule has 2 aromatic rings. The van der Waals surface area contributed by atoms with E-state index in [4.69, 9.17) is 27.9 Å². The molecule has 0 saturated carbocycles. The van der Waals surface area contributed by atoms with Gasteiger partial charge in [0, 0.05) is 18.1 Å². The monoisotopic (exact) mass is 347 g/mol. The number of halogens is 2. The van der Waals surface area contributed by atoms with Gasteiger partial charge in [0.05, 0.1) is 22.7 Å². The van der Waals surface area contributed by atoms with Crippen molar-refractivity contribution in [2.75, 3.05) is 6.61 Å². The molecule has 23 heavy (non-hydrogen) atoms. The number of para-hydroxylation sites is 1. The van der Waals surface area contributed by atoms with E-state index in [1.165, 1.54) is 6.08 Å². The summed E-state index contributed by atoms with van der Waals surface area (Å²) in [5.74, 6) is 0.647. The predicted molar refractivity (Wildman–Crippen MR) is 92.9 cm³/mol. The Hall–Kier alpha value is -1.97. The van der Waals surface area contributed by atoms with Crippen molar-refractivity contribution in [2.24, 2.45) is 0 Å². The van der Waals surface area contributed by atoms with Gasteiger partial charge >= 0.3 is 0 Å². The van der Waals surface area contributed by atoms with E-state index in [1.807, 2.05) is 30.3 Å². The number of amides is 1. The van der Waals surface area contributed by atoms with Crippen LogP contribution in [-0.2, 0) is 4.79 Å². The topological polar surface area (TPSA) is 38.3 Å². The Morgan fingerprint density at radius 1 is 1.17 bits per heavy atom. The third kappa shape index (κ3) is 3.69. The molecule has 1 aliphatic heterocycles. The second-order valence-corrected chi connectivity index (χ2v) is 6.00. The Balaban J connectivity index is 1.71. The summed E-state index contributed by atoms with van der Waals surface area (Å²) in [4.78, 5) is 12.2. The minimum absolute atomic E-state index is 0.0491. The molecule has 2 aromatic carbocycles. The summed E-state index contributed by atoms with van der Waals surface area (Å²) in [5.41, 5.74) is 1.71. The molecule has 3 nitrogen and oxygen atoms in total. The second kappa shape index (κ2) is 7.07. The lowest BCUT2D eigenvalue weighted by Gasteiger charge is -2.26. The van der Waals surface area contributed by atoms with Crippen LogP contribution >= 0.6 is 23.2 Å². The van der Waals surface area contributed by atoms with Gasteiger partial charge < -0.3 is 10.1 Å². The first-order chi connectivity index (χ1) is 11.1. The number of benzene rings is 2. The number of rotatable bonds is 3. The highest BCUT2D eigenvalue weighted by Gasteiger charge is 2.21. The van der Waals surface area contributed by atoms with Crippen molar-refractivity contribution >= 4 is 35.2 Å². The maximum Gasteiger partial charge on any atom is 0.244 e. The first-order valence-corrected chi connectivity index (χ1v) is 8.05. The molecule has 0 saturated heterocycles. The molecular weight excluding hydrogens is 333 g/mol. The van der Waals surface area contributed by atoms with Gasteiger partial charge in [-0.05, 0) is 23.8 Å². The number of fused-ring (bicyclic) bond motifs is 1. The lowest BCUT2D eigenvalue weighted by Crippen LogP contribution is -2.30. The Labute approximate surface area is 144 Å². The molecule has 0 bridgehead atoms. The van der Waals surface area contributed by atoms with Crippen LogP contribution in [0.4, 0.5) is 0 Å².